The number of carboxylic acids is 1. The molecule has 2 amide bonds. The monoisotopic (exact) mass is 236 g/mol. The highest BCUT2D eigenvalue weighted by Crippen LogP contribution is 2.17. The summed E-state index contributed by atoms with van der Waals surface area (Å²) < 4.78 is 0. The van der Waals surface area contributed by atoms with E-state index >= 15 is 0 Å². The second-order valence-corrected chi connectivity index (χ2v) is 3.92. The molecule has 0 aromatic heterocycles. The van der Waals surface area contributed by atoms with Crippen molar-refractivity contribution < 1.29 is 14.7 Å². The van der Waals surface area contributed by atoms with Crippen molar-refractivity contribution in [3.8, 4) is 12.3 Å². The van der Waals surface area contributed by atoms with Gasteiger partial charge in [-0.2, -0.15) is 0 Å². The quantitative estimate of drug-likeness (QED) is 0.497. The molecule has 0 aromatic carbocycles. The van der Waals surface area contributed by atoms with Crippen LogP contribution in [0.15, 0.2) is 12.2 Å². The molecule has 17 heavy (non-hydrogen) atoms. The van der Waals surface area contributed by atoms with Crippen LogP contribution < -0.4 is 10.6 Å². The van der Waals surface area contributed by atoms with Gasteiger partial charge < -0.3 is 15.7 Å². The summed E-state index contributed by atoms with van der Waals surface area (Å²) in [5, 5.41) is 14.1. The van der Waals surface area contributed by atoms with Gasteiger partial charge in [-0.05, 0) is 12.8 Å². The number of aliphatic carboxylic acids is 1. The Labute approximate surface area is 100 Å². The molecule has 0 spiro atoms. The van der Waals surface area contributed by atoms with Crippen LogP contribution >= 0.6 is 0 Å². The zero-order valence-electron chi connectivity index (χ0n) is 9.64. The predicted molar refractivity (Wildman–Crippen MR) is 63.3 cm³/mol. The largest absolute Gasteiger partial charge is 0.481 e. The molecule has 1 rings (SSSR count). The topological polar surface area (TPSA) is 78.4 Å². The lowest BCUT2D eigenvalue weighted by atomic mass is 10.1. The Morgan fingerprint density at radius 2 is 2.29 bits per heavy atom. The molecule has 0 heterocycles. The lowest BCUT2D eigenvalue weighted by Crippen LogP contribution is -2.45. The smallest absolute Gasteiger partial charge is 0.316 e. The van der Waals surface area contributed by atoms with E-state index in [4.69, 9.17) is 11.5 Å². The molecule has 92 valence electrons. The molecule has 0 radical (unpaired) electrons. The molecule has 1 aliphatic rings. The normalized spacial score (nSPS) is 23.8. The van der Waals surface area contributed by atoms with Crippen molar-refractivity contribution >= 4 is 12.0 Å². The third kappa shape index (κ3) is 3.83. The van der Waals surface area contributed by atoms with Crippen molar-refractivity contribution in [2.75, 3.05) is 0 Å². The van der Waals surface area contributed by atoms with Gasteiger partial charge in [0.15, 0.2) is 0 Å². The zero-order chi connectivity index (χ0) is 12.8. The number of terminal acetylenes is 1. The summed E-state index contributed by atoms with van der Waals surface area (Å²) >= 11 is 0. The molecule has 3 atom stereocenters. The van der Waals surface area contributed by atoms with Gasteiger partial charge in [-0.25, -0.2) is 4.79 Å². The average Bonchev–Trinajstić information content (AvgIpc) is 2.74. The number of amides is 2. The molecular formula is C12H16N2O3. The van der Waals surface area contributed by atoms with E-state index in [0.717, 1.165) is 0 Å². The summed E-state index contributed by atoms with van der Waals surface area (Å²) in [6.07, 6.45) is 9.54. The molecule has 0 saturated heterocycles. The van der Waals surface area contributed by atoms with Crippen molar-refractivity contribution in [2.24, 2.45) is 5.92 Å². The highest BCUT2D eigenvalue weighted by Gasteiger charge is 2.25. The zero-order valence-corrected chi connectivity index (χ0v) is 9.64. The summed E-state index contributed by atoms with van der Waals surface area (Å²) in [7, 11) is 0. The van der Waals surface area contributed by atoms with Gasteiger partial charge in [-0.15, -0.1) is 6.42 Å². The summed E-state index contributed by atoms with van der Waals surface area (Å²) in [5.74, 6) is 1.06. The highest BCUT2D eigenvalue weighted by atomic mass is 16.4. The fourth-order valence-corrected chi connectivity index (χ4v) is 1.62. The fourth-order valence-electron chi connectivity index (χ4n) is 1.62. The summed E-state index contributed by atoms with van der Waals surface area (Å²) in [6, 6.07) is -0.905. The Morgan fingerprint density at radius 3 is 2.76 bits per heavy atom. The van der Waals surface area contributed by atoms with E-state index in [-0.39, 0.29) is 18.1 Å². The molecule has 0 bridgehead atoms. The van der Waals surface area contributed by atoms with E-state index in [9.17, 15) is 9.59 Å². The summed E-state index contributed by atoms with van der Waals surface area (Å²) in [4.78, 5) is 22.2. The number of hydrogen-bond acceptors (Lipinski definition) is 2. The van der Waals surface area contributed by atoms with Crippen LogP contribution in [0.3, 0.4) is 0 Å². The number of rotatable bonds is 4. The van der Waals surface area contributed by atoms with E-state index < -0.39 is 11.9 Å². The molecule has 0 fully saturated rings. The van der Waals surface area contributed by atoms with Gasteiger partial charge in [0.05, 0.1) is 18.0 Å². The van der Waals surface area contributed by atoms with Crippen LogP contribution in [0.1, 0.15) is 19.8 Å². The number of carboxylic acid groups (broad SMARTS) is 1. The van der Waals surface area contributed by atoms with Crippen molar-refractivity contribution in [1.29, 1.82) is 0 Å². The standard InChI is InChI=1S/C12H16N2O3/c1-3-9(4-2)13-12(17)14-10-6-5-8(7-10)11(15)16/h1,5-6,8-10H,4,7H2,2H3,(H,15,16)(H2,13,14,17). The van der Waals surface area contributed by atoms with Crippen LogP contribution in [0, 0.1) is 18.3 Å². The van der Waals surface area contributed by atoms with Crippen LogP contribution in [0.5, 0.6) is 0 Å². The Balaban J connectivity index is 2.37. The minimum atomic E-state index is -0.874. The lowest BCUT2D eigenvalue weighted by molar-refractivity contribution is -0.140. The first kappa shape index (κ1) is 13.1. The van der Waals surface area contributed by atoms with Crippen LogP contribution in [-0.4, -0.2) is 29.2 Å². The van der Waals surface area contributed by atoms with E-state index in [1.165, 1.54) is 0 Å². The van der Waals surface area contributed by atoms with Crippen molar-refractivity contribution in [3.05, 3.63) is 12.2 Å². The van der Waals surface area contributed by atoms with Gasteiger partial charge in [0.1, 0.15) is 0 Å². The van der Waals surface area contributed by atoms with E-state index in [1.54, 1.807) is 12.2 Å². The summed E-state index contributed by atoms with van der Waals surface area (Å²) in [6.45, 7) is 1.88. The van der Waals surface area contributed by atoms with Gasteiger partial charge in [-0.1, -0.05) is 25.0 Å². The number of urea groups is 1. The van der Waals surface area contributed by atoms with Gasteiger partial charge in [-0.3, -0.25) is 4.79 Å². The molecule has 5 nitrogen and oxygen atoms in total. The Hall–Kier alpha value is -1.96. The minimum absolute atomic E-state index is 0.244. The third-order valence-corrected chi connectivity index (χ3v) is 2.63. The Kier molecular flexibility index (Phi) is 4.58. The third-order valence-electron chi connectivity index (χ3n) is 2.63. The van der Waals surface area contributed by atoms with E-state index in [1.807, 2.05) is 6.92 Å². The van der Waals surface area contributed by atoms with Crippen molar-refractivity contribution in [1.82, 2.24) is 10.6 Å². The average molecular weight is 236 g/mol. The maximum absolute atomic E-state index is 11.5. The first-order valence-electron chi connectivity index (χ1n) is 5.51. The van der Waals surface area contributed by atoms with Crippen molar-refractivity contribution in [3.63, 3.8) is 0 Å². The molecule has 0 aliphatic heterocycles. The van der Waals surface area contributed by atoms with Gasteiger partial charge >= 0.3 is 12.0 Å². The molecule has 3 unspecified atom stereocenters. The van der Waals surface area contributed by atoms with E-state index in [2.05, 4.69) is 16.6 Å². The molecule has 1 aliphatic carbocycles. The molecule has 5 heteroatoms. The van der Waals surface area contributed by atoms with Crippen LogP contribution in [-0.2, 0) is 4.79 Å². The fraction of sp³-hybridized carbons (Fsp3) is 0.500. The number of carbonyl (C=O) groups excluding carboxylic acids is 1. The first-order chi connectivity index (χ1) is 8.06. The number of carbonyl (C=O) groups is 2. The lowest BCUT2D eigenvalue weighted by Gasteiger charge is -2.15. The maximum Gasteiger partial charge on any atom is 0.316 e. The van der Waals surface area contributed by atoms with E-state index in [0.29, 0.717) is 12.8 Å². The first-order valence-corrected chi connectivity index (χ1v) is 5.51. The molecule has 0 aromatic rings. The molecule has 0 saturated carbocycles. The van der Waals surface area contributed by atoms with Gasteiger partial charge in [0.2, 0.25) is 0 Å². The predicted octanol–water partition coefficient (Wildman–Crippen LogP) is 0.727. The number of hydrogen-bond donors (Lipinski definition) is 3. The Morgan fingerprint density at radius 1 is 1.59 bits per heavy atom. The van der Waals surface area contributed by atoms with Crippen LogP contribution in [0.4, 0.5) is 4.79 Å². The Bertz CT molecular complexity index is 370. The van der Waals surface area contributed by atoms with Crippen LogP contribution in [0.2, 0.25) is 0 Å². The highest BCUT2D eigenvalue weighted by molar-refractivity contribution is 5.76. The minimum Gasteiger partial charge on any atom is -0.481 e. The van der Waals surface area contributed by atoms with Crippen LogP contribution in [0.25, 0.3) is 0 Å². The second-order valence-electron chi connectivity index (χ2n) is 3.92. The van der Waals surface area contributed by atoms with Crippen molar-refractivity contribution in [2.45, 2.75) is 31.8 Å². The van der Waals surface area contributed by atoms with Gasteiger partial charge in [0, 0.05) is 0 Å². The summed E-state index contributed by atoms with van der Waals surface area (Å²) in [5.41, 5.74) is 0. The SMILES string of the molecule is C#CC(CC)NC(=O)NC1C=CC(C(=O)O)C1. The number of nitrogens with one attached hydrogen (secondary N) is 2. The second kappa shape index (κ2) is 5.94. The molecular weight excluding hydrogens is 220 g/mol. The maximum atomic E-state index is 11.5. The molecule has 3 N–H and O–H groups in total. The van der Waals surface area contributed by atoms with Gasteiger partial charge in [0.25, 0.3) is 0 Å².